The average molecular weight is 268 g/mol. The van der Waals surface area contributed by atoms with Crippen molar-refractivity contribution < 1.29 is 9.53 Å². The summed E-state index contributed by atoms with van der Waals surface area (Å²) in [6.45, 7) is 1.86. The largest absolute Gasteiger partial charge is 0.469 e. The highest BCUT2D eigenvalue weighted by Gasteiger charge is 2.10. The second-order valence-electron chi connectivity index (χ2n) is 3.08. The van der Waals surface area contributed by atoms with Gasteiger partial charge in [0, 0.05) is 4.47 Å². The zero-order chi connectivity index (χ0) is 11.4. The van der Waals surface area contributed by atoms with Crippen LogP contribution in [-0.2, 0) is 16.0 Å². The molecule has 0 radical (unpaired) electrons. The molecule has 15 heavy (non-hydrogen) atoms. The van der Waals surface area contributed by atoms with Crippen LogP contribution in [0.15, 0.2) is 16.6 Å². The third-order valence-corrected chi connectivity index (χ3v) is 3.20. The Bertz CT molecular complexity index is 435. The summed E-state index contributed by atoms with van der Waals surface area (Å²) < 4.78 is 5.33. The first-order valence-electron chi connectivity index (χ1n) is 4.35. The lowest BCUT2D eigenvalue weighted by Gasteiger charge is -2.07. The van der Waals surface area contributed by atoms with Gasteiger partial charge in [-0.25, -0.2) is 0 Å². The van der Waals surface area contributed by atoms with Crippen molar-refractivity contribution in [2.24, 2.45) is 0 Å². The molecule has 1 rings (SSSR count). The Kier molecular flexibility index (Phi) is 3.87. The summed E-state index contributed by atoms with van der Waals surface area (Å²) in [6, 6.07) is 5.53. The second-order valence-corrected chi connectivity index (χ2v) is 3.87. The molecule has 0 aliphatic rings. The van der Waals surface area contributed by atoms with E-state index in [0.717, 1.165) is 15.6 Å². The molecule has 1 aromatic rings. The van der Waals surface area contributed by atoms with Crippen LogP contribution in [-0.4, -0.2) is 13.1 Å². The molecule has 1 aromatic carbocycles. The van der Waals surface area contributed by atoms with Gasteiger partial charge in [-0.05, 0) is 40.0 Å². The summed E-state index contributed by atoms with van der Waals surface area (Å²) in [5.41, 5.74) is 2.34. The van der Waals surface area contributed by atoms with E-state index in [1.54, 1.807) is 12.1 Å². The summed E-state index contributed by atoms with van der Waals surface area (Å²) in [6.07, 6.45) is 0.229. The van der Waals surface area contributed by atoms with Gasteiger partial charge in [-0.1, -0.05) is 6.07 Å². The first-order valence-corrected chi connectivity index (χ1v) is 5.14. The maximum Gasteiger partial charge on any atom is 0.309 e. The van der Waals surface area contributed by atoms with E-state index < -0.39 is 0 Å². The van der Waals surface area contributed by atoms with Crippen LogP contribution in [0.25, 0.3) is 0 Å². The van der Waals surface area contributed by atoms with Gasteiger partial charge in [-0.2, -0.15) is 5.26 Å². The maximum atomic E-state index is 11.1. The van der Waals surface area contributed by atoms with Crippen LogP contribution in [0.4, 0.5) is 0 Å². The highest BCUT2D eigenvalue weighted by atomic mass is 79.9. The van der Waals surface area contributed by atoms with E-state index in [-0.39, 0.29) is 12.4 Å². The second kappa shape index (κ2) is 4.94. The van der Waals surface area contributed by atoms with Crippen molar-refractivity contribution in [1.82, 2.24) is 0 Å². The smallest absolute Gasteiger partial charge is 0.309 e. The Morgan fingerprint density at radius 1 is 1.60 bits per heavy atom. The number of carbonyl (C=O) groups is 1. The van der Waals surface area contributed by atoms with Crippen LogP contribution in [0.2, 0.25) is 0 Å². The van der Waals surface area contributed by atoms with E-state index in [9.17, 15) is 4.79 Å². The fourth-order valence-electron chi connectivity index (χ4n) is 1.23. The SMILES string of the molecule is COC(=O)Cc1ccc(C#N)c(Br)c1C. The zero-order valence-electron chi connectivity index (χ0n) is 8.50. The average Bonchev–Trinajstić information content (AvgIpc) is 2.25. The molecular weight excluding hydrogens is 258 g/mol. The van der Waals surface area contributed by atoms with E-state index in [4.69, 9.17) is 5.26 Å². The molecule has 0 aromatic heterocycles. The van der Waals surface area contributed by atoms with Gasteiger partial charge in [0.2, 0.25) is 0 Å². The molecule has 0 amide bonds. The van der Waals surface area contributed by atoms with Gasteiger partial charge >= 0.3 is 5.97 Å². The fourth-order valence-corrected chi connectivity index (χ4v) is 1.71. The number of hydrogen-bond acceptors (Lipinski definition) is 3. The number of halogens is 1. The monoisotopic (exact) mass is 267 g/mol. The molecule has 0 saturated heterocycles. The van der Waals surface area contributed by atoms with Gasteiger partial charge in [0.25, 0.3) is 0 Å². The number of nitriles is 1. The highest BCUT2D eigenvalue weighted by Crippen LogP contribution is 2.24. The van der Waals surface area contributed by atoms with Gasteiger partial charge in [0.05, 0.1) is 19.1 Å². The number of hydrogen-bond donors (Lipinski definition) is 0. The first-order chi connectivity index (χ1) is 7.10. The lowest BCUT2D eigenvalue weighted by molar-refractivity contribution is -0.139. The van der Waals surface area contributed by atoms with Crippen molar-refractivity contribution in [2.45, 2.75) is 13.3 Å². The predicted molar refractivity (Wildman–Crippen MR) is 59.3 cm³/mol. The van der Waals surface area contributed by atoms with E-state index in [1.807, 2.05) is 6.92 Å². The molecule has 0 aliphatic carbocycles. The molecule has 0 bridgehead atoms. The van der Waals surface area contributed by atoms with Crippen LogP contribution >= 0.6 is 15.9 Å². The Labute approximate surface area is 96.8 Å². The van der Waals surface area contributed by atoms with Crippen LogP contribution in [0.5, 0.6) is 0 Å². The molecule has 0 heterocycles. The predicted octanol–water partition coefficient (Wildman–Crippen LogP) is 2.34. The Morgan fingerprint density at radius 3 is 2.80 bits per heavy atom. The van der Waals surface area contributed by atoms with Crippen LogP contribution < -0.4 is 0 Å². The third kappa shape index (κ3) is 2.57. The summed E-state index contributed by atoms with van der Waals surface area (Å²) in [7, 11) is 1.36. The molecule has 0 atom stereocenters. The number of carbonyl (C=O) groups excluding carboxylic acids is 1. The van der Waals surface area contributed by atoms with Crippen molar-refractivity contribution in [3.8, 4) is 6.07 Å². The Hall–Kier alpha value is -1.34. The molecule has 78 valence electrons. The number of benzene rings is 1. The summed E-state index contributed by atoms with van der Waals surface area (Å²) in [4.78, 5) is 11.1. The van der Waals surface area contributed by atoms with Gasteiger partial charge in [0.15, 0.2) is 0 Å². The van der Waals surface area contributed by atoms with Crippen molar-refractivity contribution in [1.29, 1.82) is 5.26 Å². The molecule has 0 spiro atoms. The molecule has 4 heteroatoms. The number of rotatable bonds is 2. The topological polar surface area (TPSA) is 50.1 Å². The Morgan fingerprint density at radius 2 is 2.27 bits per heavy atom. The third-order valence-electron chi connectivity index (χ3n) is 2.18. The van der Waals surface area contributed by atoms with E-state index >= 15 is 0 Å². The zero-order valence-corrected chi connectivity index (χ0v) is 10.1. The standard InChI is InChI=1S/C11H10BrNO2/c1-7-8(5-10(14)15-2)3-4-9(6-13)11(7)12/h3-4H,5H2,1-2H3. The summed E-state index contributed by atoms with van der Waals surface area (Å²) >= 11 is 3.33. The number of nitrogens with zero attached hydrogens (tertiary/aromatic N) is 1. The molecular formula is C11H10BrNO2. The van der Waals surface area contributed by atoms with Crippen LogP contribution in [0.3, 0.4) is 0 Å². The molecule has 0 aliphatic heterocycles. The minimum atomic E-state index is -0.283. The number of esters is 1. The summed E-state index contributed by atoms with van der Waals surface area (Å²) in [5, 5.41) is 8.79. The molecule has 0 fully saturated rings. The summed E-state index contributed by atoms with van der Waals surface area (Å²) in [5.74, 6) is -0.283. The lowest BCUT2D eigenvalue weighted by atomic mass is 10.0. The minimum Gasteiger partial charge on any atom is -0.469 e. The van der Waals surface area contributed by atoms with Crippen molar-refractivity contribution in [2.75, 3.05) is 7.11 Å². The van der Waals surface area contributed by atoms with Crippen molar-refractivity contribution in [3.63, 3.8) is 0 Å². The number of ether oxygens (including phenoxy) is 1. The molecule has 0 unspecified atom stereocenters. The fraction of sp³-hybridized carbons (Fsp3) is 0.273. The van der Waals surface area contributed by atoms with E-state index in [1.165, 1.54) is 7.11 Å². The molecule has 0 N–H and O–H groups in total. The van der Waals surface area contributed by atoms with E-state index in [2.05, 4.69) is 26.7 Å². The van der Waals surface area contributed by atoms with Crippen LogP contribution in [0.1, 0.15) is 16.7 Å². The van der Waals surface area contributed by atoms with Gasteiger partial charge < -0.3 is 4.74 Å². The first kappa shape index (κ1) is 11.7. The lowest BCUT2D eigenvalue weighted by Crippen LogP contribution is -2.06. The molecule has 0 saturated carbocycles. The normalized spacial score (nSPS) is 9.47. The van der Waals surface area contributed by atoms with Crippen molar-refractivity contribution >= 4 is 21.9 Å². The van der Waals surface area contributed by atoms with Crippen molar-refractivity contribution in [3.05, 3.63) is 33.3 Å². The Balaban J connectivity index is 3.08. The van der Waals surface area contributed by atoms with Gasteiger partial charge in [-0.15, -0.1) is 0 Å². The van der Waals surface area contributed by atoms with Crippen LogP contribution in [0, 0.1) is 18.3 Å². The maximum absolute atomic E-state index is 11.1. The molecule has 3 nitrogen and oxygen atoms in total. The minimum absolute atomic E-state index is 0.229. The van der Waals surface area contributed by atoms with Gasteiger partial charge in [-0.3, -0.25) is 4.79 Å². The highest BCUT2D eigenvalue weighted by molar-refractivity contribution is 9.10. The quantitative estimate of drug-likeness (QED) is 0.773. The van der Waals surface area contributed by atoms with Gasteiger partial charge in [0.1, 0.15) is 6.07 Å². The number of methoxy groups -OCH3 is 1. The van der Waals surface area contributed by atoms with E-state index in [0.29, 0.717) is 5.56 Å².